The van der Waals surface area contributed by atoms with Gasteiger partial charge in [-0.1, -0.05) is 11.6 Å². The predicted molar refractivity (Wildman–Crippen MR) is 57.8 cm³/mol. The highest BCUT2D eigenvalue weighted by atomic mass is 35.5. The van der Waals surface area contributed by atoms with Gasteiger partial charge in [0.15, 0.2) is 0 Å². The Morgan fingerprint density at radius 3 is 2.72 bits per heavy atom. The number of rotatable bonds is 3. The Labute approximate surface area is 104 Å². The zero-order valence-corrected chi connectivity index (χ0v) is 9.27. The van der Waals surface area contributed by atoms with E-state index >= 15 is 0 Å². The molecule has 0 spiro atoms. The van der Waals surface area contributed by atoms with Gasteiger partial charge in [0, 0.05) is 6.20 Å². The van der Waals surface area contributed by atoms with Crippen LogP contribution < -0.4 is 0 Å². The Morgan fingerprint density at radius 1 is 1.50 bits per heavy atom. The van der Waals surface area contributed by atoms with Crippen molar-refractivity contribution in [2.24, 2.45) is 0 Å². The van der Waals surface area contributed by atoms with E-state index in [1.54, 1.807) is 6.07 Å². The van der Waals surface area contributed by atoms with E-state index in [9.17, 15) is 14.9 Å². The number of aromatic nitrogens is 4. The number of hydrogen-bond acceptors (Lipinski definition) is 6. The van der Waals surface area contributed by atoms with Gasteiger partial charge >= 0.3 is 11.8 Å². The third-order valence-corrected chi connectivity index (χ3v) is 2.19. The van der Waals surface area contributed by atoms with Gasteiger partial charge in [0.1, 0.15) is 0 Å². The molecule has 2 rings (SSSR count). The molecule has 2 heterocycles. The van der Waals surface area contributed by atoms with Crippen molar-refractivity contribution in [3.05, 3.63) is 39.2 Å². The molecular formula is C8H4ClN5O4. The van der Waals surface area contributed by atoms with Crippen molar-refractivity contribution in [1.29, 1.82) is 0 Å². The van der Waals surface area contributed by atoms with Gasteiger partial charge < -0.3 is 15.2 Å². The molecule has 0 fully saturated rings. The monoisotopic (exact) mass is 269 g/mol. The first-order valence-corrected chi connectivity index (χ1v) is 4.84. The number of aromatic carboxylic acids is 1. The number of nitro groups is 1. The summed E-state index contributed by atoms with van der Waals surface area (Å²) in [4.78, 5) is 25.0. The van der Waals surface area contributed by atoms with Crippen LogP contribution >= 0.6 is 11.6 Å². The third-order valence-electron chi connectivity index (χ3n) is 1.90. The highest BCUT2D eigenvalue weighted by Crippen LogP contribution is 2.19. The Balaban J connectivity index is 2.61. The average molecular weight is 270 g/mol. The lowest BCUT2D eigenvalue weighted by molar-refractivity contribution is -0.390. The standard InChI is InChI=1S/C8H4ClN5O4/c9-4-2-1-3-10-6(4)13-11-5(8(15)16)7(12-13)14(17)18/h1-3H,(H,15,16). The molecule has 0 saturated carbocycles. The van der Waals surface area contributed by atoms with Gasteiger partial charge in [-0.25, -0.2) is 9.78 Å². The fraction of sp³-hybridized carbons (Fsp3) is 0. The normalized spacial score (nSPS) is 10.3. The molecule has 92 valence electrons. The molecule has 1 N–H and O–H groups in total. The molecule has 0 aromatic carbocycles. The summed E-state index contributed by atoms with van der Waals surface area (Å²) in [7, 11) is 0. The predicted octanol–water partition coefficient (Wildman–Crippen LogP) is 0.922. The van der Waals surface area contributed by atoms with E-state index in [-0.39, 0.29) is 10.8 Å². The van der Waals surface area contributed by atoms with Crippen LogP contribution in [0, 0.1) is 10.1 Å². The lowest BCUT2D eigenvalue weighted by Crippen LogP contribution is -2.04. The summed E-state index contributed by atoms with van der Waals surface area (Å²) in [6.45, 7) is 0. The second kappa shape index (κ2) is 4.37. The van der Waals surface area contributed by atoms with Crippen LogP contribution in [0.4, 0.5) is 5.82 Å². The minimum Gasteiger partial charge on any atom is -0.476 e. The summed E-state index contributed by atoms with van der Waals surface area (Å²) in [6, 6.07) is 3.02. The van der Waals surface area contributed by atoms with Crippen molar-refractivity contribution < 1.29 is 14.8 Å². The number of carbonyl (C=O) groups is 1. The van der Waals surface area contributed by atoms with E-state index < -0.39 is 22.4 Å². The largest absolute Gasteiger partial charge is 0.476 e. The van der Waals surface area contributed by atoms with Crippen LogP contribution in [0.3, 0.4) is 0 Å². The van der Waals surface area contributed by atoms with Gasteiger partial charge in [-0.05, 0) is 21.9 Å². The van der Waals surface area contributed by atoms with Gasteiger partial charge in [0.05, 0.1) is 10.1 Å². The molecule has 0 amide bonds. The van der Waals surface area contributed by atoms with Gasteiger partial charge in [-0.15, -0.1) is 5.10 Å². The number of pyridine rings is 1. The SMILES string of the molecule is O=C(O)c1nn(-c2ncccc2Cl)nc1[N+](=O)[O-]. The summed E-state index contributed by atoms with van der Waals surface area (Å²) in [5.41, 5.74) is -0.776. The minimum absolute atomic E-state index is 0.00904. The Kier molecular flexibility index (Phi) is 2.90. The van der Waals surface area contributed by atoms with Crippen molar-refractivity contribution in [2.75, 3.05) is 0 Å². The summed E-state index contributed by atoms with van der Waals surface area (Å²) in [5.74, 6) is -2.42. The number of nitrogens with zero attached hydrogens (tertiary/aromatic N) is 5. The number of hydrogen-bond donors (Lipinski definition) is 1. The molecule has 0 aliphatic carbocycles. The Hall–Kier alpha value is -2.55. The summed E-state index contributed by atoms with van der Waals surface area (Å²) < 4.78 is 0. The van der Waals surface area contributed by atoms with Crippen LogP contribution in [-0.2, 0) is 0 Å². The van der Waals surface area contributed by atoms with Crippen molar-refractivity contribution in [3.63, 3.8) is 0 Å². The van der Waals surface area contributed by atoms with Gasteiger partial charge in [0.2, 0.25) is 5.82 Å². The molecule has 0 saturated heterocycles. The van der Waals surface area contributed by atoms with Crippen molar-refractivity contribution in [2.45, 2.75) is 0 Å². The maximum Gasteiger partial charge on any atom is 0.425 e. The quantitative estimate of drug-likeness (QED) is 0.649. The van der Waals surface area contributed by atoms with Gasteiger partial charge in [-0.2, -0.15) is 0 Å². The number of carboxylic acids is 1. The smallest absolute Gasteiger partial charge is 0.425 e. The van der Waals surface area contributed by atoms with E-state index in [1.165, 1.54) is 12.3 Å². The molecule has 0 aliphatic heterocycles. The molecule has 0 aliphatic rings. The van der Waals surface area contributed by atoms with Crippen molar-refractivity contribution in [1.82, 2.24) is 20.0 Å². The van der Waals surface area contributed by atoms with Crippen LogP contribution in [0.2, 0.25) is 5.02 Å². The summed E-state index contributed by atoms with van der Waals surface area (Å²) in [5, 5.41) is 26.5. The van der Waals surface area contributed by atoms with E-state index in [4.69, 9.17) is 16.7 Å². The second-order valence-corrected chi connectivity index (χ2v) is 3.44. The highest BCUT2D eigenvalue weighted by molar-refractivity contribution is 6.32. The van der Waals surface area contributed by atoms with Crippen LogP contribution in [0.25, 0.3) is 5.82 Å². The van der Waals surface area contributed by atoms with Gasteiger partial charge in [0.25, 0.3) is 5.69 Å². The maximum absolute atomic E-state index is 10.8. The van der Waals surface area contributed by atoms with Crippen LogP contribution in [0.15, 0.2) is 18.3 Å². The minimum atomic E-state index is -1.56. The van der Waals surface area contributed by atoms with Crippen molar-refractivity contribution >= 4 is 23.4 Å². The molecule has 9 nitrogen and oxygen atoms in total. The van der Waals surface area contributed by atoms with E-state index in [1.807, 2.05) is 0 Å². The number of halogens is 1. The molecule has 2 aromatic rings. The molecule has 0 atom stereocenters. The van der Waals surface area contributed by atoms with Gasteiger partial charge in [-0.3, -0.25) is 0 Å². The van der Waals surface area contributed by atoms with Crippen LogP contribution in [0.1, 0.15) is 10.5 Å². The number of carboxylic acid groups (broad SMARTS) is 1. The summed E-state index contributed by atoms with van der Waals surface area (Å²) >= 11 is 5.80. The first-order valence-electron chi connectivity index (χ1n) is 4.46. The second-order valence-electron chi connectivity index (χ2n) is 3.03. The van der Waals surface area contributed by atoms with E-state index in [2.05, 4.69) is 15.2 Å². The zero-order valence-electron chi connectivity index (χ0n) is 8.52. The highest BCUT2D eigenvalue weighted by Gasteiger charge is 2.30. The van der Waals surface area contributed by atoms with Crippen molar-refractivity contribution in [3.8, 4) is 5.82 Å². The molecule has 0 unspecified atom stereocenters. The maximum atomic E-state index is 10.8. The van der Waals surface area contributed by atoms with Crippen LogP contribution in [0.5, 0.6) is 0 Å². The Bertz CT molecular complexity index is 609. The average Bonchev–Trinajstić information content (AvgIpc) is 2.74. The van der Waals surface area contributed by atoms with Crippen LogP contribution in [-0.4, -0.2) is 36.0 Å². The molecule has 0 radical (unpaired) electrons. The fourth-order valence-electron chi connectivity index (χ4n) is 1.18. The first-order chi connectivity index (χ1) is 8.50. The fourth-order valence-corrected chi connectivity index (χ4v) is 1.38. The molecular weight excluding hydrogens is 266 g/mol. The lowest BCUT2D eigenvalue weighted by Gasteiger charge is -1.95. The molecule has 18 heavy (non-hydrogen) atoms. The molecule has 0 bridgehead atoms. The van der Waals surface area contributed by atoms with E-state index in [0.29, 0.717) is 4.80 Å². The summed E-state index contributed by atoms with van der Waals surface area (Å²) in [6.07, 6.45) is 1.37. The zero-order chi connectivity index (χ0) is 13.3. The first kappa shape index (κ1) is 11.9. The molecule has 2 aromatic heterocycles. The molecule has 10 heteroatoms. The topological polar surface area (TPSA) is 124 Å². The lowest BCUT2D eigenvalue weighted by atomic mass is 10.4. The van der Waals surface area contributed by atoms with E-state index in [0.717, 1.165) is 0 Å². The Morgan fingerprint density at radius 2 is 2.22 bits per heavy atom. The third kappa shape index (κ3) is 1.98.